The van der Waals surface area contributed by atoms with E-state index in [1.54, 1.807) is 24.3 Å². The summed E-state index contributed by atoms with van der Waals surface area (Å²) in [4.78, 5) is 10.8. The second kappa shape index (κ2) is 7.42. The molecule has 2 aromatic carbocycles. The van der Waals surface area contributed by atoms with E-state index in [0.29, 0.717) is 54.1 Å². The number of aromatic nitrogens is 2. The quantitative estimate of drug-likeness (QED) is 0.519. The van der Waals surface area contributed by atoms with Gasteiger partial charge in [-0.2, -0.15) is 17.7 Å². The molecule has 0 atom stereocenters. The molecule has 30 heavy (non-hydrogen) atoms. The van der Waals surface area contributed by atoms with E-state index in [9.17, 15) is 8.42 Å². The molecule has 0 saturated carbocycles. The standard InChI is InChI=1S/C20H18ClN5O3S/c21-15-6-7-18-17(13-15)23-20(29-18)25-9-11-26(12-10-25)30(27,28)24-19-8-5-14-3-1-2-4-16(14)22-19/h1-8,13H,9-12H2,(H,22,24). The number of piperazine rings is 1. The molecule has 2 aromatic heterocycles. The Morgan fingerprint density at radius 3 is 2.57 bits per heavy atom. The van der Waals surface area contributed by atoms with E-state index in [0.717, 1.165) is 10.9 Å². The first-order valence-corrected chi connectivity index (χ1v) is 11.2. The van der Waals surface area contributed by atoms with Crippen LogP contribution >= 0.6 is 11.6 Å². The fraction of sp³-hybridized carbons (Fsp3) is 0.200. The van der Waals surface area contributed by atoms with E-state index < -0.39 is 10.2 Å². The molecule has 1 fully saturated rings. The molecular weight excluding hydrogens is 426 g/mol. The molecule has 0 spiro atoms. The lowest BCUT2D eigenvalue weighted by atomic mass is 10.2. The SMILES string of the molecule is O=S(=O)(Nc1ccc2ccccc2n1)N1CCN(c2nc3cc(Cl)ccc3o2)CC1. The molecule has 1 aliphatic heterocycles. The van der Waals surface area contributed by atoms with Gasteiger partial charge in [0.1, 0.15) is 11.3 Å². The summed E-state index contributed by atoms with van der Waals surface area (Å²) in [5.74, 6) is 0.298. The van der Waals surface area contributed by atoms with Crippen molar-refractivity contribution in [3.8, 4) is 0 Å². The molecular formula is C20H18ClN5O3S. The van der Waals surface area contributed by atoms with Crippen LogP contribution in [0.3, 0.4) is 0 Å². The molecule has 0 radical (unpaired) electrons. The third-order valence-corrected chi connectivity index (χ3v) is 6.77. The minimum atomic E-state index is -3.72. The average molecular weight is 444 g/mol. The number of nitrogens with zero attached hydrogens (tertiary/aromatic N) is 4. The van der Waals surface area contributed by atoms with Crippen LogP contribution in [0, 0.1) is 0 Å². The third-order valence-electron chi connectivity index (χ3n) is 5.02. The first-order valence-electron chi connectivity index (χ1n) is 9.43. The zero-order valence-corrected chi connectivity index (χ0v) is 17.4. The lowest BCUT2D eigenvalue weighted by Crippen LogP contribution is -2.50. The molecule has 0 amide bonds. The van der Waals surface area contributed by atoms with Crippen LogP contribution in [0.15, 0.2) is 59.0 Å². The Hall–Kier alpha value is -2.88. The minimum absolute atomic E-state index is 0.298. The number of fused-ring (bicyclic) bond motifs is 2. The van der Waals surface area contributed by atoms with Crippen molar-refractivity contribution in [2.45, 2.75) is 0 Å². The zero-order chi connectivity index (χ0) is 20.7. The Bertz CT molecular complexity index is 1330. The van der Waals surface area contributed by atoms with Gasteiger partial charge in [0, 0.05) is 36.6 Å². The molecule has 1 aliphatic rings. The van der Waals surface area contributed by atoms with Gasteiger partial charge in [0.15, 0.2) is 5.58 Å². The fourth-order valence-electron chi connectivity index (χ4n) is 3.46. The minimum Gasteiger partial charge on any atom is -0.423 e. The number of halogens is 1. The van der Waals surface area contributed by atoms with Gasteiger partial charge in [-0.3, -0.25) is 4.72 Å². The molecule has 8 nitrogen and oxygen atoms in total. The van der Waals surface area contributed by atoms with Gasteiger partial charge in [0.25, 0.3) is 6.01 Å². The van der Waals surface area contributed by atoms with Crippen molar-refractivity contribution < 1.29 is 12.8 Å². The Morgan fingerprint density at radius 1 is 0.933 bits per heavy atom. The van der Waals surface area contributed by atoms with Crippen LogP contribution in [0.2, 0.25) is 5.02 Å². The topological polar surface area (TPSA) is 91.6 Å². The van der Waals surface area contributed by atoms with Crippen LogP contribution in [0.4, 0.5) is 11.8 Å². The van der Waals surface area contributed by atoms with Gasteiger partial charge in [0.2, 0.25) is 0 Å². The summed E-state index contributed by atoms with van der Waals surface area (Å²) < 4.78 is 35.4. The highest BCUT2D eigenvalue weighted by molar-refractivity contribution is 7.90. The summed E-state index contributed by atoms with van der Waals surface area (Å²) in [6.45, 7) is 1.55. The predicted octanol–water partition coefficient (Wildman–Crippen LogP) is 3.51. The Morgan fingerprint density at radius 2 is 1.73 bits per heavy atom. The van der Waals surface area contributed by atoms with Crippen molar-refractivity contribution in [2.24, 2.45) is 0 Å². The molecule has 154 valence electrons. The fourth-order valence-corrected chi connectivity index (χ4v) is 4.78. The summed E-state index contributed by atoms with van der Waals surface area (Å²) in [6.07, 6.45) is 0. The van der Waals surface area contributed by atoms with Crippen molar-refractivity contribution >= 4 is 55.6 Å². The third kappa shape index (κ3) is 3.67. The lowest BCUT2D eigenvalue weighted by Gasteiger charge is -2.32. The highest BCUT2D eigenvalue weighted by Crippen LogP contribution is 2.26. The molecule has 0 aliphatic carbocycles. The summed E-state index contributed by atoms with van der Waals surface area (Å²) in [6, 6.07) is 16.8. The monoisotopic (exact) mass is 443 g/mol. The Kier molecular flexibility index (Phi) is 4.73. The number of oxazole rings is 1. The van der Waals surface area contributed by atoms with Crippen LogP contribution in [0.1, 0.15) is 0 Å². The maximum Gasteiger partial charge on any atom is 0.302 e. The highest BCUT2D eigenvalue weighted by atomic mass is 35.5. The van der Waals surface area contributed by atoms with Crippen molar-refractivity contribution in [3.05, 3.63) is 59.6 Å². The normalized spacial score (nSPS) is 15.7. The summed E-state index contributed by atoms with van der Waals surface area (Å²) in [5.41, 5.74) is 2.06. The van der Waals surface area contributed by atoms with Crippen molar-refractivity contribution in [2.75, 3.05) is 35.8 Å². The largest absolute Gasteiger partial charge is 0.423 e. The molecule has 1 saturated heterocycles. The number of pyridine rings is 1. The van der Waals surface area contributed by atoms with E-state index in [1.807, 2.05) is 35.2 Å². The molecule has 3 heterocycles. The smallest absolute Gasteiger partial charge is 0.302 e. The van der Waals surface area contributed by atoms with Crippen molar-refractivity contribution in [3.63, 3.8) is 0 Å². The second-order valence-corrected chi connectivity index (χ2v) is 9.10. The van der Waals surface area contributed by atoms with Crippen LogP contribution in [0.25, 0.3) is 22.0 Å². The first kappa shape index (κ1) is 19.1. The molecule has 10 heteroatoms. The zero-order valence-electron chi connectivity index (χ0n) is 15.8. The predicted molar refractivity (Wildman–Crippen MR) is 117 cm³/mol. The second-order valence-electron chi connectivity index (χ2n) is 6.99. The maximum atomic E-state index is 12.8. The molecule has 0 bridgehead atoms. The number of para-hydroxylation sites is 1. The lowest BCUT2D eigenvalue weighted by molar-refractivity contribution is 0.376. The first-order chi connectivity index (χ1) is 14.5. The van der Waals surface area contributed by atoms with E-state index in [4.69, 9.17) is 16.0 Å². The molecule has 0 unspecified atom stereocenters. The number of hydrogen-bond acceptors (Lipinski definition) is 6. The van der Waals surface area contributed by atoms with Gasteiger partial charge >= 0.3 is 10.2 Å². The van der Waals surface area contributed by atoms with Crippen LogP contribution < -0.4 is 9.62 Å². The van der Waals surface area contributed by atoms with Gasteiger partial charge in [-0.1, -0.05) is 29.8 Å². The van der Waals surface area contributed by atoms with E-state index >= 15 is 0 Å². The Balaban J connectivity index is 1.28. The van der Waals surface area contributed by atoms with Gasteiger partial charge in [-0.25, -0.2) is 4.98 Å². The van der Waals surface area contributed by atoms with Crippen LogP contribution in [0.5, 0.6) is 0 Å². The number of benzene rings is 2. The van der Waals surface area contributed by atoms with Gasteiger partial charge in [-0.15, -0.1) is 0 Å². The molecule has 5 rings (SSSR count). The number of nitrogens with one attached hydrogen (secondary N) is 1. The van der Waals surface area contributed by atoms with Crippen molar-refractivity contribution in [1.82, 2.24) is 14.3 Å². The summed E-state index contributed by atoms with van der Waals surface area (Å²) in [5, 5.41) is 1.54. The van der Waals surface area contributed by atoms with Crippen LogP contribution in [-0.2, 0) is 10.2 Å². The van der Waals surface area contributed by atoms with Gasteiger partial charge in [0.05, 0.1) is 5.52 Å². The van der Waals surface area contributed by atoms with Crippen molar-refractivity contribution in [1.29, 1.82) is 0 Å². The molecule has 1 N–H and O–H groups in total. The summed E-state index contributed by atoms with van der Waals surface area (Å²) >= 11 is 6.00. The van der Waals surface area contributed by atoms with E-state index in [1.165, 1.54) is 4.31 Å². The van der Waals surface area contributed by atoms with Crippen LogP contribution in [-0.4, -0.2) is 48.9 Å². The average Bonchev–Trinajstić information content (AvgIpc) is 3.17. The maximum absolute atomic E-state index is 12.8. The number of anilines is 2. The van der Waals surface area contributed by atoms with E-state index in [-0.39, 0.29) is 0 Å². The molecule has 4 aromatic rings. The number of rotatable bonds is 4. The highest BCUT2D eigenvalue weighted by Gasteiger charge is 2.29. The summed E-state index contributed by atoms with van der Waals surface area (Å²) in [7, 11) is -3.72. The number of hydrogen-bond donors (Lipinski definition) is 1. The van der Waals surface area contributed by atoms with Gasteiger partial charge in [-0.05, 0) is 36.4 Å². The van der Waals surface area contributed by atoms with Gasteiger partial charge < -0.3 is 9.32 Å². The van der Waals surface area contributed by atoms with E-state index in [2.05, 4.69) is 14.7 Å². The Labute approximate surface area is 178 Å².